The summed E-state index contributed by atoms with van der Waals surface area (Å²) in [6.45, 7) is 2.62. The topological polar surface area (TPSA) is 88.4 Å². The van der Waals surface area contributed by atoms with E-state index in [9.17, 15) is 8.42 Å². The Hall–Kier alpha value is -2.16. The maximum Gasteiger partial charge on any atom is 0.214 e. The Morgan fingerprint density at radius 1 is 1.23 bits per heavy atom. The number of aryl methyl sites for hydroxylation is 1. The fourth-order valence-corrected chi connectivity index (χ4v) is 4.55. The summed E-state index contributed by atoms with van der Waals surface area (Å²) >= 11 is 5.99. The van der Waals surface area contributed by atoms with Gasteiger partial charge in [-0.25, -0.2) is 17.9 Å². The third-order valence-electron chi connectivity index (χ3n) is 4.02. The third-order valence-corrected chi connectivity index (χ3v) is 6.04. The number of halogens is 1. The molecule has 0 aliphatic rings. The fourth-order valence-electron chi connectivity index (χ4n) is 2.75. The van der Waals surface area contributed by atoms with E-state index in [-0.39, 0.29) is 15.6 Å². The van der Waals surface area contributed by atoms with Crippen molar-refractivity contribution in [1.82, 2.24) is 19.9 Å². The molecule has 0 radical (unpaired) electrons. The first-order valence-electron chi connectivity index (χ1n) is 8.10. The molecule has 3 rings (SSSR count). The van der Waals surface area contributed by atoms with Gasteiger partial charge in [0.1, 0.15) is 0 Å². The highest BCUT2D eigenvalue weighted by Crippen LogP contribution is 2.32. The van der Waals surface area contributed by atoms with Crippen LogP contribution >= 0.6 is 11.6 Å². The van der Waals surface area contributed by atoms with Crippen molar-refractivity contribution in [3.63, 3.8) is 0 Å². The molecule has 9 heteroatoms. The number of aromatic nitrogens is 3. The first-order valence-corrected chi connectivity index (χ1v) is 9.97. The molecule has 7 nitrogen and oxygen atoms in total. The van der Waals surface area contributed by atoms with E-state index in [0.717, 1.165) is 17.9 Å². The van der Waals surface area contributed by atoms with Gasteiger partial charge in [0.2, 0.25) is 9.84 Å². The number of hydrogen-bond acceptors (Lipinski definition) is 6. The van der Waals surface area contributed by atoms with Crippen LogP contribution in [0.15, 0.2) is 40.1 Å². The first kappa shape index (κ1) is 18.6. The SMILES string of the molecule is CNCCc1cc(C)n2nc(NC)c(S(=O)(=O)c3cccc(Cl)c3)c2n1. The number of anilines is 1. The number of fused-ring (bicyclic) bond motifs is 1. The van der Waals surface area contributed by atoms with Crippen molar-refractivity contribution in [3.8, 4) is 0 Å². The van der Waals surface area contributed by atoms with Gasteiger partial charge in [-0.1, -0.05) is 17.7 Å². The van der Waals surface area contributed by atoms with Gasteiger partial charge >= 0.3 is 0 Å². The van der Waals surface area contributed by atoms with Crippen LogP contribution in [0.5, 0.6) is 0 Å². The van der Waals surface area contributed by atoms with Crippen LogP contribution in [0.3, 0.4) is 0 Å². The molecule has 0 saturated heterocycles. The quantitative estimate of drug-likeness (QED) is 0.668. The predicted molar refractivity (Wildman–Crippen MR) is 102 cm³/mol. The molecule has 0 fully saturated rings. The molecule has 2 heterocycles. The maximum atomic E-state index is 13.3. The van der Waals surface area contributed by atoms with Crippen molar-refractivity contribution >= 4 is 32.9 Å². The minimum Gasteiger partial charge on any atom is -0.370 e. The van der Waals surface area contributed by atoms with E-state index in [2.05, 4.69) is 20.7 Å². The lowest BCUT2D eigenvalue weighted by Gasteiger charge is -2.07. The van der Waals surface area contributed by atoms with Gasteiger partial charge in [-0.2, -0.15) is 0 Å². The smallest absolute Gasteiger partial charge is 0.214 e. The zero-order valence-corrected chi connectivity index (χ0v) is 16.3. The number of sulfone groups is 1. The highest BCUT2D eigenvalue weighted by Gasteiger charge is 2.29. The van der Waals surface area contributed by atoms with Crippen LogP contribution in [0.4, 0.5) is 5.82 Å². The van der Waals surface area contributed by atoms with Crippen LogP contribution in [0.25, 0.3) is 5.65 Å². The Kier molecular flexibility index (Phi) is 5.17. The van der Waals surface area contributed by atoms with Crippen molar-refractivity contribution in [2.75, 3.05) is 26.0 Å². The molecule has 0 saturated carbocycles. The van der Waals surface area contributed by atoms with E-state index in [0.29, 0.717) is 17.1 Å². The molecule has 0 aliphatic carbocycles. The average molecular weight is 394 g/mol. The Morgan fingerprint density at radius 2 is 2.00 bits per heavy atom. The minimum atomic E-state index is -3.85. The highest BCUT2D eigenvalue weighted by molar-refractivity contribution is 7.91. The van der Waals surface area contributed by atoms with E-state index in [1.807, 2.05) is 20.0 Å². The van der Waals surface area contributed by atoms with E-state index in [4.69, 9.17) is 11.6 Å². The van der Waals surface area contributed by atoms with Crippen molar-refractivity contribution in [3.05, 3.63) is 46.7 Å². The molecule has 0 atom stereocenters. The summed E-state index contributed by atoms with van der Waals surface area (Å²) in [5, 5.41) is 10.7. The van der Waals surface area contributed by atoms with Gasteiger partial charge in [0.15, 0.2) is 16.4 Å². The second kappa shape index (κ2) is 7.22. The van der Waals surface area contributed by atoms with E-state index in [1.165, 1.54) is 12.1 Å². The predicted octanol–water partition coefficient (Wildman–Crippen LogP) is 2.33. The molecule has 0 spiro atoms. The normalized spacial score (nSPS) is 11.8. The van der Waals surface area contributed by atoms with Crippen LogP contribution < -0.4 is 10.6 Å². The van der Waals surface area contributed by atoms with E-state index < -0.39 is 9.84 Å². The van der Waals surface area contributed by atoms with Gasteiger partial charge in [0.05, 0.1) is 4.90 Å². The molecular formula is C17H20ClN5O2S. The van der Waals surface area contributed by atoms with E-state index >= 15 is 0 Å². The van der Waals surface area contributed by atoms with Crippen LogP contribution in [0.2, 0.25) is 5.02 Å². The number of nitrogens with one attached hydrogen (secondary N) is 2. The summed E-state index contributed by atoms with van der Waals surface area (Å²) in [6, 6.07) is 8.09. The number of hydrogen-bond donors (Lipinski definition) is 2. The van der Waals surface area contributed by atoms with Crippen LogP contribution in [0, 0.1) is 6.92 Å². The maximum absolute atomic E-state index is 13.3. The Labute approximate surface area is 157 Å². The number of benzene rings is 1. The summed E-state index contributed by atoms with van der Waals surface area (Å²) in [5.74, 6) is 0.256. The van der Waals surface area contributed by atoms with Gasteiger partial charge < -0.3 is 10.6 Å². The molecule has 0 unspecified atom stereocenters. The largest absolute Gasteiger partial charge is 0.370 e. The van der Waals surface area contributed by atoms with Gasteiger partial charge in [0, 0.05) is 36.4 Å². The molecule has 0 bridgehead atoms. The van der Waals surface area contributed by atoms with Crippen molar-refractivity contribution in [2.45, 2.75) is 23.1 Å². The van der Waals surface area contributed by atoms with Crippen molar-refractivity contribution in [1.29, 1.82) is 0 Å². The molecule has 1 aromatic carbocycles. The lowest BCUT2D eigenvalue weighted by atomic mass is 10.2. The van der Waals surface area contributed by atoms with Crippen molar-refractivity contribution < 1.29 is 8.42 Å². The highest BCUT2D eigenvalue weighted by atomic mass is 35.5. The third kappa shape index (κ3) is 3.27. The minimum absolute atomic E-state index is 0.0525. The summed E-state index contributed by atoms with van der Waals surface area (Å²) < 4.78 is 28.1. The fraction of sp³-hybridized carbons (Fsp3) is 0.294. The molecule has 3 aromatic rings. The Morgan fingerprint density at radius 3 is 2.65 bits per heavy atom. The molecular weight excluding hydrogens is 374 g/mol. The second-order valence-electron chi connectivity index (χ2n) is 5.87. The van der Waals surface area contributed by atoms with Crippen LogP contribution in [0.1, 0.15) is 11.4 Å². The lowest BCUT2D eigenvalue weighted by molar-refractivity contribution is 0.597. The van der Waals surface area contributed by atoms with Gasteiger partial charge in [-0.05, 0) is 38.2 Å². The van der Waals surface area contributed by atoms with Gasteiger partial charge in [-0.15, -0.1) is 5.10 Å². The average Bonchev–Trinajstić information content (AvgIpc) is 3.00. The molecule has 2 aromatic heterocycles. The van der Waals surface area contributed by atoms with Gasteiger partial charge in [0.25, 0.3) is 0 Å². The summed E-state index contributed by atoms with van der Waals surface area (Å²) in [5.41, 5.74) is 1.92. The van der Waals surface area contributed by atoms with Gasteiger partial charge in [-0.3, -0.25) is 0 Å². The summed E-state index contributed by atoms with van der Waals surface area (Å²) in [7, 11) is -0.356. The standard InChI is InChI=1S/C17H20ClN5O2S/c1-11-9-13(7-8-19-2)21-17-15(16(20-3)22-23(11)17)26(24,25)14-6-4-5-12(18)10-14/h4-6,9-10,19H,7-8H2,1-3H3,(H,20,22). The van der Waals surface area contributed by atoms with Crippen molar-refractivity contribution in [2.24, 2.45) is 0 Å². The molecule has 138 valence electrons. The first-order chi connectivity index (χ1) is 12.4. The number of likely N-dealkylation sites (N-methyl/N-ethyl adjacent to an activating group) is 1. The molecule has 26 heavy (non-hydrogen) atoms. The van der Waals surface area contributed by atoms with Crippen LogP contribution in [-0.4, -0.2) is 43.7 Å². The van der Waals surface area contributed by atoms with Crippen LogP contribution in [-0.2, 0) is 16.3 Å². The molecule has 2 N–H and O–H groups in total. The zero-order chi connectivity index (χ0) is 18.9. The second-order valence-corrected chi connectivity index (χ2v) is 8.19. The molecule has 0 aliphatic heterocycles. The Bertz CT molecular complexity index is 1060. The monoisotopic (exact) mass is 393 g/mol. The summed E-state index contributed by atoms with van der Waals surface area (Å²) in [6.07, 6.45) is 0.685. The zero-order valence-electron chi connectivity index (χ0n) is 14.7. The lowest BCUT2D eigenvalue weighted by Crippen LogP contribution is -2.12. The molecule has 0 amide bonds. The van der Waals surface area contributed by atoms with E-state index in [1.54, 1.807) is 23.7 Å². The summed E-state index contributed by atoms with van der Waals surface area (Å²) in [4.78, 5) is 4.72. The number of rotatable bonds is 6. The number of nitrogens with zero attached hydrogens (tertiary/aromatic N) is 3. The Balaban J connectivity index is 2.28.